The fraction of sp³-hybridized carbons (Fsp3) is 0.750. The van der Waals surface area contributed by atoms with E-state index >= 15 is 0 Å². The molecule has 0 aliphatic carbocycles. The maximum atomic E-state index is 12.8. The van der Waals surface area contributed by atoms with Gasteiger partial charge in [0.25, 0.3) is 0 Å². The molecule has 1 fully saturated rings. The van der Waals surface area contributed by atoms with Crippen LogP contribution in [0.4, 0.5) is 4.39 Å². The van der Waals surface area contributed by atoms with Gasteiger partial charge in [-0.05, 0) is 6.92 Å². The minimum atomic E-state index is -1.22. The SMILES string of the molecule is COC(=O)C[C@H]1NC(=O)[C@@H]1C(C)F. The number of amides is 1. The lowest BCUT2D eigenvalue weighted by Crippen LogP contribution is -2.61. The van der Waals surface area contributed by atoms with Crippen molar-refractivity contribution in [3.63, 3.8) is 0 Å². The number of alkyl halides is 1. The molecule has 0 radical (unpaired) electrons. The third kappa shape index (κ3) is 1.96. The van der Waals surface area contributed by atoms with E-state index in [2.05, 4.69) is 10.1 Å². The number of halogens is 1. The lowest BCUT2D eigenvalue weighted by Gasteiger charge is -2.36. The van der Waals surface area contributed by atoms with E-state index in [-0.39, 0.29) is 12.3 Å². The van der Waals surface area contributed by atoms with Crippen LogP contribution in [0, 0.1) is 5.92 Å². The highest BCUT2D eigenvalue weighted by molar-refractivity contribution is 5.88. The zero-order chi connectivity index (χ0) is 10.0. The van der Waals surface area contributed by atoms with Crippen LogP contribution in [0.3, 0.4) is 0 Å². The van der Waals surface area contributed by atoms with Crippen molar-refractivity contribution in [2.24, 2.45) is 5.92 Å². The molecule has 1 unspecified atom stereocenters. The molecule has 1 heterocycles. The molecule has 4 nitrogen and oxygen atoms in total. The molecule has 0 bridgehead atoms. The normalized spacial score (nSPS) is 28.7. The average Bonchev–Trinajstić information content (AvgIpc) is 2.01. The fourth-order valence-corrected chi connectivity index (χ4v) is 1.42. The number of β-lactam (4-membered cyclic amide) rings is 1. The molecule has 74 valence electrons. The van der Waals surface area contributed by atoms with Crippen molar-refractivity contribution in [1.82, 2.24) is 5.32 Å². The molecule has 5 heteroatoms. The first-order valence-electron chi connectivity index (χ1n) is 4.07. The first kappa shape index (κ1) is 9.95. The van der Waals surface area contributed by atoms with Gasteiger partial charge in [-0.15, -0.1) is 0 Å². The number of esters is 1. The smallest absolute Gasteiger partial charge is 0.307 e. The van der Waals surface area contributed by atoms with Crippen molar-refractivity contribution < 1.29 is 18.7 Å². The van der Waals surface area contributed by atoms with E-state index in [0.29, 0.717) is 0 Å². The Morgan fingerprint density at radius 2 is 2.38 bits per heavy atom. The molecule has 0 spiro atoms. The van der Waals surface area contributed by atoms with Crippen molar-refractivity contribution in [3.8, 4) is 0 Å². The van der Waals surface area contributed by atoms with Crippen LogP contribution in [-0.2, 0) is 14.3 Å². The molecular formula is C8H12FNO3. The molecule has 0 aromatic rings. The van der Waals surface area contributed by atoms with E-state index in [0.717, 1.165) is 0 Å². The van der Waals surface area contributed by atoms with Gasteiger partial charge in [0.1, 0.15) is 6.17 Å². The summed E-state index contributed by atoms with van der Waals surface area (Å²) >= 11 is 0. The van der Waals surface area contributed by atoms with Crippen LogP contribution in [0.2, 0.25) is 0 Å². The number of methoxy groups -OCH3 is 1. The van der Waals surface area contributed by atoms with Crippen LogP contribution >= 0.6 is 0 Å². The van der Waals surface area contributed by atoms with E-state index in [1.165, 1.54) is 14.0 Å². The van der Waals surface area contributed by atoms with E-state index in [9.17, 15) is 14.0 Å². The lowest BCUT2D eigenvalue weighted by molar-refractivity contribution is -0.146. The Kier molecular flexibility index (Phi) is 2.85. The number of carbonyl (C=O) groups is 2. The molecular weight excluding hydrogens is 177 g/mol. The van der Waals surface area contributed by atoms with Crippen LogP contribution in [0.15, 0.2) is 0 Å². The number of rotatable bonds is 3. The third-order valence-electron chi connectivity index (χ3n) is 2.17. The second-order valence-electron chi connectivity index (χ2n) is 3.10. The summed E-state index contributed by atoms with van der Waals surface area (Å²) in [5.41, 5.74) is 0. The van der Waals surface area contributed by atoms with Crippen LogP contribution in [0.1, 0.15) is 13.3 Å². The zero-order valence-corrected chi connectivity index (χ0v) is 7.54. The van der Waals surface area contributed by atoms with E-state index in [1.807, 2.05) is 0 Å². The quantitative estimate of drug-likeness (QED) is 0.503. The topological polar surface area (TPSA) is 55.4 Å². The molecule has 1 aliphatic heterocycles. The maximum absolute atomic E-state index is 12.8. The van der Waals surface area contributed by atoms with Gasteiger partial charge in [0.2, 0.25) is 5.91 Å². The Morgan fingerprint density at radius 1 is 1.77 bits per heavy atom. The Hall–Kier alpha value is -1.13. The second kappa shape index (κ2) is 3.72. The van der Waals surface area contributed by atoms with Gasteiger partial charge < -0.3 is 10.1 Å². The summed E-state index contributed by atoms with van der Waals surface area (Å²) in [6, 6.07) is -0.403. The molecule has 0 saturated carbocycles. The van der Waals surface area contributed by atoms with E-state index in [4.69, 9.17) is 0 Å². The molecule has 0 aromatic heterocycles. The predicted molar refractivity (Wildman–Crippen MR) is 42.6 cm³/mol. The van der Waals surface area contributed by atoms with Gasteiger partial charge in [0.15, 0.2) is 0 Å². The largest absolute Gasteiger partial charge is 0.469 e. The van der Waals surface area contributed by atoms with Gasteiger partial charge in [0.05, 0.1) is 25.5 Å². The van der Waals surface area contributed by atoms with Gasteiger partial charge in [-0.25, -0.2) is 4.39 Å². The van der Waals surface area contributed by atoms with Crippen LogP contribution < -0.4 is 5.32 Å². The van der Waals surface area contributed by atoms with Gasteiger partial charge in [-0.2, -0.15) is 0 Å². The Balaban J connectivity index is 2.45. The first-order chi connectivity index (χ1) is 6.06. The summed E-state index contributed by atoms with van der Waals surface area (Å²) in [5, 5.41) is 2.46. The highest BCUT2D eigenvalue weighted by atomic mass is 19.1. The molecule has 1 aliphatic rings. The predicted octanol–water partition coefficient (Wildman–Crippen LogP) is 0.0221. The van der Waals surface area contributed by atoms with Gasteiger partial charge in [-0.1, -0.05) is 0 Å². The summed E-state index contributed by atoms with van der Waals surface area (Å²) in [6.45, 7) is 1.31. The van der Waals surface area contributed by atoms with Crippen molar-refractivity contribution in [2.45, 2.75) is 25.6 Å². The molecule has 3 atom stereocenters. The van der Waals surface area contributed by atoms with Crippen molar-refractivity contribution >= 4 is 11.9 Å². The van der Waals surface area contributed by atoms with Gasteiger partial charge in [-0.3, -0.25) is 9.59 Å². The van der Waals surface area contributed by atoms with Crippen molar-refractivity contribution in [3.05, 3.63) is 0 Å². The van der Waals surface area contributed by atoms with Gasteiger partial charge >= 0.3 is 5.97 Å². The molecule has 1 rings (SSSR count). The van der Waals surface area contributed by atoms with E-state index in [1.54, 1.807) is 0 Å². The maximum Gasteiger partial charge on any atom is 0.307 e. The summed E-state index contributed by atoms with van der Waals surface area (Å²) in [4.78, 5) is 21.6. The Bertz CT molecular complexity index is 229. The first-order valence-corrected chi connectivity index (χ1v) is 4.07. The highest BCUT2D eigenvalue weighted by Crippen LogP contribution is 2.23. The zero-order valence-electron chi connectivity index (χ0n) is 7.54. The van der Waals surface area contributed by atoms with Crippen LogP contribution in [0.5, 0.6) is 0 Å². The summed E-state index contributed by atoms with van der Waals surface area (Å²) in [7, 11) is 1.26. The summed E-state index contributed by atoms with van der Waals surface area (Å²) in [5.74, 6) is -1.46. The number of hydrogen-bond acceptors (Lipinski definition) is 3. The number of nitrogens with one attached hydrogen (secondary N) is 1. The fourth-order valence-electron chi connectivity index (χ4n) is 1.42. The molecule has 0 aromatic carbocycles. The number of carbonyl (C=O) groups excluding carboxylic acids is 2. The summed E-state index contributed by atoms with van der Waals surface area (Å²) in [6.07, 6.45) is -1.18. The van der Waals surface area contributed by atoms with Crippen molar-refractivity contribution in [1.29, 1.82) is 0 Å². The Labute approximate surface area is 75.4 Å². The second-order valence-corrected chi connectivity index (χ2v) is 3.10. The monoisotopic (exact) mass is 189 g/mol. The van der Waals surface area contributed by atoms with E-state index < -0.39 is 24.1 Å². The van der Waals surface area contributed by atoms with Crippen molar-refractivity contribution in [2.75, 3.05) is 7.11 Å². The van der Waals surface area contributed by atoms with Crippen LogP contribution in [0.25, 0.3) is 0 Å². The molecule has 1 N–H and O–H groups in total. The minimum Gasteiger partial charge on any atom is -0.469 e. The number of ether oxygens (including phenoxy) is 1. The lowest BCUT2D eigenvalue weighted by atomic mass is 9.85. The summed E-state index contributed by atoms with van der Waals surface area (Å²) < 4.78 is 17.2. The minimum absolute atomic E-state index is 0.0428. The molecule has 1 saturated heterocycles. The Morgan fingerprint density at radius 3 is 2.77 bits per heavy atom. The number of hydrogen-bond donors (Lipinski definition) is 1. The highest BCUT2D eigenvalue weighted by Gasteiger charge is 2.44. The molecule has 13 heavy (non-hydrogen) atoms. The standard InChI is InChI=1S/C8H12FNO3/c1-4(9)7-5(10-8(7)12)3-6(11)13-2/h4-5,7H,3H2,1-2H3,(H,10,12)/t4?,5-,7-/m1/s1. The average molecular weight is 189 g/mol. The van der Waals surface area contributed by atoms with Gasteiger partial charge in [0, 0.05) is 0 Å². The third-order valence-corrected chi connectivity index (χ3v) is 2.17. The van der Waals surface area contributed by atoms with Crippen LogP contribution in [-0.4, -0.2) is 31.2 Å². The molecule has 1 amide bonds.